The Kier molecular flexibility index (Phi) is 5.12. The number of rotatable bonds is 4. The van der Waals surface area contributed by atoms with Crippen LogP contribution in [0.15, 0.2) is 42.5 Å². The number of hydrogen-bond acceptors (Lipinski definition) is 1. The third-order valence-corrected chi connectivity index (χ3v) is 3.93. The summed E-state index contributed by atoms with van der Waals surface area (Å²) in [7, 11) is 0. The van der Waals surface area contributed by atoms with Crippen LogP contribution < -0.4 is 0 Å². The van der Waals surface area contributed by atoms with Crippen molar-refractivity contribution in [1.82, 2.24) is 0 Å². The summed E-state index contributed by atoms with van der Waals surface area (Å²) >= 11 is 18.2. The maximum absolute atomic E-state index is 9.60. The first-order chi connectivity index (χ1) is 9.11. The third kappa shape index (κ3) is 3.64. The van der Waals surface area contributed by atoms with Crippen molar-refractivity contribution < 1.29 is 5.11 Å². The molecule has 2 aromatic rings. The van der Waals surface area contributed by atoms with Gasteiger partial charge in [0.1, 0.15) is 0 Å². The molecule has 0 aliphatic carbocycles. The first-order valence-electron chi connectivity index (χ1n) is 5.91. The van der Waals surface area contributed by atoms with E-state index in [-0.39, 0.29) is 12.5 Å². The van der Waals surface area contributed by atoms with Crippen molar-refractivity contribution in [2.45, 2.75) is 12.3 Å². The van der Waals surface area contributed by atoms with Crippen molar-refractivity contribution in [3.05, 3.63) is 68.7 Å². The predicted octanol–water partition coefficient (Wildman–Crippen LogP) is 4.97. The molecule has 4 heteroatoms. The van der Waals surface area contributed by atoms with Crippen LogP contribution in [0.3, 0.4) is 0 Å². The summed E-state index contributed by atoms with van der Waals surface area (Å²) in [6.45, 7) is -0.00786. The van der Waals surface area contributed by atoms with E-state index in [0.29, 0.717) is 21.5 Å². The Hall–Kier alpha value is -0.730. The Balaban J connectivity index is 2.27. The molecule has 0 spiro atoms. The third-order valence-electron chi connectivity index (χ3n) is 3.02. The van der Waals surface area contributed by atoms with E-state index in [0.717, 1.165) is 11.1 Å². The molecule has 0 radical (unpaired) electrons. The Bertz CT molecular complexity index is 532. The van der Waals surface area contributed by atoms with Gasteiger partial charge in [0, 0.05) is 21.0 Å². The van der Waals surface area contributed by atoms with Crippen LogP contribution in [0.1, 0.15) is 17.0 Å². The number of halogens is 3. The predicted molar refractivity (Wildman–Crippen MR) is 81.4 cm³/mol. The molecule has 2 rings (SSSR count). The highest BCUT2D eigenvalue weighted by Crippen LogP contribution is 2.33. The number of hydrogen-bond donors (Lipinski definition) is 1. The lowest BCUT2D eigenvalue weighted by molar-refractivity contribution is 0.264. The summed E-state index contributed by atoms with van der Waals surface area (Å²) < 4.78 is 0. The molecule has 0 saturated heterocycles. The van der Waals surface area contributed by atoms with Gasteiger partial charge in [-0.05, 0) is 41.8 Å². The van der Waals surface area contributed by atoms with Gasteiger partial charge in [-0.15, -0.1) is 0 Å². The van der Waals surface area contributed by atoms with Gasteiger partial charge in [0.25, 0.3) is 0 Å². The number of aliphatic hydroxyl groups is 1. The SMILES string of the molecule is OC[C@H](Cc1ccc(Cl)cc1)c1c(Cl)cccc1Cl. The second kappa shape index (κ2) is 6.62. The average molecular weight is 316 g/mol. The highest BCUT2D eigenvalue weighted by atomic mass is 35.5. The van der Waals surface area contributed by atoms with Crippen molar-refractivity contribution in [2.75, 3.05) is 6.61 Å². The van der Waals surface area contributed by atoms with E-state index in [9.17, 15) is 5.11 Å². The van der Waals surface area contributed by atoms with Gasteiger partial charge >= 0.3 is 0 Å². The fraction of sp³-hybridized carbons (Fsp3) is 0.200. The van der Waals surface area contributed by atoms with Crippen LogP contribution in [0.2, 0.25) is 15.1 Å². The molecule has 0 bridgehead atoms. The first kappa shape index (κ1) is 14.7. The summed E-state index contributed by atoms with van der Waals surface area (Å²) in [5, 5.41) is 11.5. The van der Waals surface area contributed by atoms with Crippen LogP contribution in [0.5, 0.6) is 0 Å². The molecule has 0 heterocycles. The molecule has 2 aromatic carbocycles. The standard InChI is InChI=1S/C15H13Cl3O/c16-12-6-4-10(5-7-12)8-11(9-19)15-13(17)2-1-3-14(15)18/h1-7,11,19H,8-9H2/t11-/m0/s1. The van der Waals surface area contributed by atoms with E-state index in [1.807, 2.05) is 24.3 Å². The van der Waals surface area contributed by atoms with Crippen molar-refractivity contribution in [3.8, 4) is 0 Å². The maximum Gasteiger partial charge on any atom is 0.0504 e. The van der Waals surface area contributed by atoms with Gasteiger partial charge in [-0.2, -0.15) is 0 Å². The van der Waals surface area contributed by atoms with Gasteiger partial charge in [-0.25, -0.2) is 0 Å². The number of aliphatic hydroxyl groups excluding tert-OH is 1. The quantitative estimate of drug-likeness (QED) is 0.845. The minimum Gasteiger partial charge on any atom is -0.396 e. The van der Waals surface area contributed by atoms with Crippen LogP contribution in [0, 0.1) is 0 Å². The molecule has 0 amide bonds. The molecule has 0 aliphatic heterocycles. The highest BCUT2D eigenvalue weighted by Gasteiger charge is 2.17. The van der Waals surface area contributed by atoms with Crippen molar-refractivity contribution in [3.63, 3.8) is 0 Å². The molecule has 1 nitrogen and oxygen atoms in total. The largest absolute Gasteiger partial charge is 0.396 e. The fourth-order valence-electron chi connectivity index (χ4n) is 2.06. The highest BCUT2D eigenvalue weighted by molar-refractivity contribution is 6.36. The number of benzene rings is 2. The minimum absolute atomic E-state index is 0.00786. The zero-order valence-corrected chi connectivity index (χ0v) is 12.4. The molecule has 1 atom stereocenters. The summed E-state index contributed by atoms with van der Waals surface area (Å²) in [6.07, 6.45) is 0.664. The molecule has 0 aliphatic rings. The summed E-state index contributed by atoms with van der Waals surface area (Å²) in [6, 6.07) is 12.9. The monoisotopic (exact) mass is 314 g/mol. The molecule has 1 N–H and O–H groups in total. The van der Waals surface area contributed by atoms with Crippen LogP contribution in [0.4, 0.5) is 0 Å². The van der Waals surface area contributed by atoms with Crippen molar-refractivity contribution in [1.29, 1.82) is 0 Å². The van der Waals surface area contributed by atoms with Gasteiger partial charge in [0.15, 0.2) is 0 Å². The zero-order valence-electron chi connectivity index (χ0n) is 10.1. The van der Waals surface area contributed by atoms with Crippen molar-refractivity contribution in [2.24, 2.45) is 0 Å². The van der Waals surface area contributed by atoms with E-state index in [1.165, 1.54) is 0 Å². The smallest absolute Gasteiger partial charge is 0.0504 e. The minimum atomic E-state index is -0.123. The Morgan fingerprint density at radius 2 is 1.47 bits per heavy atom. The van der Waals surface area contributed by atoms with Crippen molar-refractivity contribution >= 4 is 34.8 Å². The van der Waals surface area contributed by atoms with Gasteiger partial charge in [-0.3, -0.25) is 0 Å². The Morgan fingerprint density at radius 1 is 0.895 bits per heavy atom. The van der Waals surface area contributed by atoms with E-state index in [2.05, 4.69) is 0 Å². The Labute approximate surface area is 127 Å². The van der Waals surface area contributed by atoms with Crippen LogP contribution in [-0.4, -0.2) is 11.7 Å². The Morgan fingerprint density at radius 3 is 2.00 bits per heavy atom. The lowest BCUT2D eigenvalue weighted by Gasteiger charge is -2.17. The van der Waals surface area contributed by atoms with Crippen LogP contribution >= 0.6 is 34.8 Å². The molecule has 100 valence electrons. The molecule has 0 saturated carbocycles. The fourth-order valence-corrected chi connectivity index (χ4v) is 2.90. The first-order valence-corrected chi connectivity index (χ1v) is 7.04. The molecule has 0 aromatic heterocycles. The van der Waals surface area contributed by atoms with Gasteiger partial charge in [-0.1, -0.05) is 53.0 Å². The summed E-state index contributed by atoms with van der Waals surface area (Å²) in [5.41, 5.74) is 1.88. The maximum atomic E-state index is 9.60. The molecular weight excluding hydrogens is 303 g/mol. The van der Waals surface area contributed by atoms with Gasteiger partial charge in [0.2, 0.25) is 0 Å². The molecule has 0 fully saturated rings. The lowest BCUT2D eigenvalue weighted by atomic mass is 9.92. The van der Waals surface area contributed by atoms with E-state index >= 15 is 0 Å². The average Bonchev–Trinajstić information content (AvgIpc) is 2.39. The lowest BCUT2D eigenvalue weighted by Crippen LogP contribution is -2.09. The normalized spacial score (nSPS) is 12.4. The van der Waals surface area contributed by atoms with E-state index < -0.39 is 0 Å². The van der Waals surface area contributed by atoms with Crippen LogP contribution in [-0.2, 0) is 6.42 Å². The summed E-state index contributed by atoms with van der Waals surface area (Å²) in [5.74, 6) is -0.123. The summed E-state index contributed by atoms with van der Waals surface area (Å²) in [4.78, 5) is 0. The van der Waals surface area contributed by atoms with E-state index in [1.54, 1.807) is 18.2 Å². The molecule has 19 heavy (non-hydrogen) atoms. The van der Waals surface area contributed by atoms with Gasteiger partial charge < -0.3 is 5.11 Å². The second-order valence-electron chi connectivity index (χ2n) is 4.35. The topological polar surface area (TPSA) is 20.2 Å². The van der Waals surface area contributed by atoms with E-state index in [4.69, 9.17) is 34.8 Å². The zero-order chi connectivity index (χ0) is 13.8. The van der Waals surface area contributed by atoms with Gasteiger partial charge in [0.05, 0.1) is 6.61 Å². The molecular formula is C15H13Cl3O. The second-order valence-corrected chi connectivity index (χ2v) is 5.60. The van der Waals surface area contributed by atoms with Crippen LogP contribution in [0.25, 0.3) is 0 Å². The molecule has 0 unspecified atom stereocenters.